The summed E-state index contributed by atoms with van der Waals surface area (Å²) >= 11 is 6.22. The maximum atomic E-state index is 13.1. The first kappa shape index (κ1) is 23.3. The number of aromatic nitrogens is 1. The van der Waals surface area contributed by atoms with E-state index in [0.29, 0.717) is 35.2 Å². The third kappa shape index (κ3) is 5.86. The lowest BCUT2D eigenvalue weighted by atomic mass is 10.1. The Kier molecular flexibility index (Phi) is 7.84. The molecule has 0 spiro atoms. The summed E-state index contributed by atoms with van der Waals surface area (Å²) in [5.74, 6) is -0.0434. The number of aryl methyl sites for hydroxylation is 2. The van der Waals surface area contributed by atoms with E-state index in [-0.39, 0.29) is 12.5 Å². The van der Waals surface area contributed by atoms with E-state index in [1.54, 1.807) is 48.5 Å². The van der Waals surface area contributed by atoms with Gasteiger partial charge in [-0.15, -0.1) is 0 Å². The molecular weight excluding hydrogens is 428 g/mol. The Bertz CT molecular complexity index is 1060. The molecule has 166 valence electrons. The minimum absolute atomic E-state index is 0.148. The van der Waals surface area contributed by atoms with E-state index in [9.17, 15) is 9.59 Å². The van der Waals surface area contributed by atoms with E-state index in [2.05, 4.69) is 4.98 Å². The Morgan fingerprint density at radius 2 is 1.62 bits per heavy atom. The van der Waals surface area contributed by atoms with Crippen LogP contribution in [-0.4, -0.2) is 30.1 Å². The highest BCUT2D eigenvalue weighted by Gasteiger charge is 2.18. The van der Waals surface area contributed by atoms with Crippen LogP contribution in [0.25, 0.3) is 0 Å². The molecule has 6 nitrogen and oxygen atoms in total. The quantitative estimate of drug-likeness (QED) is 0.442. The van der Waals surface area contributed by atoms with Crippen LogP contribution in [-0.2, 0) is 16.1 Å². The molecule has 3 aromatic rings. The van der Waals surface area contributed by atoms with E-state index in [1.807, 2.05) is 38.1 Å². The predicted octanol–water partition coefficient (Wildman–Crippen LogP) is 5.14. The average Bonchev–Trinajstić information content (AvgIpc) is 2.80. The fourth-order valence-corrected chi connectivity index (χ4v) is 3.31. The van der Waals surface area contributed by atoms with E-state index in [0.717, 1.165) is 16.7 Å². The number of pyridine rings is 1. The summed E-state index contributed by atoms with van der Waals surface area (Å²) in [7, 11) is 0. The van der Waals surface area contributed by atoms with Crippen molar-refractivity contribution in [3.63, 3.8) is 0 Å². The topological polar surface area (TPSA) is 68.7 Å². The van der Waals surface area contributed by atoms with Gasteiger partial charge in [0.25, 0.3) is 5.91 Å². The molecular formula is C25H25ClN2O4. The second-order valence-corrected chi connectivity index (χ2v) is 7.64. The fourth-order valence-electron chi connectivity index (χ4n) is 3.20. The molecule has 0 aliphatic carbocycles. The smallest absolute Gasteiger partial charge is 0.338 e. The summed E-state index contributed by atoms with van der Waals surface area (Å²) < 4.78 is 10.8. The van der Waals surface area contributed by atoms with Gasteiger partial charge in [-0.2, -0.15) is 0 Å². The van der Waals surface area contributed by atoms with Gasteiger partial charge in [0.15, 0.2) is 6.61 Å². The average molecular weight is 453 g/mol. The normalized spacial score (nSPS) is 10.5. The fraction of sp³-hybridized carbons (Fsp3) is 0.240. The number of carbonyl (C=O) groups excluding carboxylic acids is 2. The second kappa shape index (κ2) is 10.8. The molecule has 0 bridgehead atoms. The van der Waals surface area contributed by atoms with Gasteiger partial charge in [0, 0.05) is 23.1 Å². The SMILES string of the molecule is CCOC(=O)c1ccc(N(Cc2ccncc2)C(=O)COc2cc(C)c(Cl)c(C)c2)cc1. The number of ether oxygens (including phenoxy) is 2. The molecule has 7 heteroatoms. The first-order valence-corrected chi connectivity index (χ1v) is 10.6. The molecule has 0 radical (unpaired) electrons. The lowest BCUT2D eigenvalue weighted by Gasteiger charge is -2.23. The summed E-state index contributed by atoms with van der Waals surface area (Å²) in [6, 6.07) is 14.1. The number of rotatable bonds is 8. The molecule has 2 aromatic carbocycles. The van der Waals surface area contributed by atoms with Gasteiger partial charge in [0.2, 0.25) is 0 Å². The molecule has 0 atom stereocenters. The van der Waals surface area contributed by atoms with Crippen molar-refractivity contribution in [3.8, 4) is 5.75 Å². The monoisotopic (exact) mass is 452 g/mol. The van der Waals surface area contributed by atoms with Crippen LogP contribution in [0.4, 0.5) is 5.69 Å². The number of hydrogen-bond donors (Lipinski definition) is 0. The first-order valence-electron chi connectivity index (χ1n) is 10.2. The zero-order valence-corrected chi connectivity index (χ0v) is 19.1. The van der Waals surface area contributed by atoms with Crippen molar-refractivity contribution in [1.29, 1.82) is 0 Å². The summed E-state index contributed by atoms with van der Waals surface area (Å²) in [5.41, 5.74) is 3.76. The van der Waals surface area contributed by atoms with E-state index >= 15 is 0 Å². The highest BCUT2D eigenvalue weighted by Crippen LogP contribution is 2.26. The number of halogens is 1. The van der Waals surface area contributed by atoms with Crippen LogP contribution >= 0.6 is 11.6 Å². The Hall–Kier alpha value is -3.38. The summed E-state index contributed by atoms with van der Waals surface area (Å²) in [5, 5.41) is 0.685. The van der Waals surface area contributed by atoms with E-state index in [4.69, 9.17) is 21.1 Å². The summed E-state index contributed by atoms with van der Waals surface area (Å²) in [6.07, 6.45) is 3.36. The van der Waals surface area contributed by atoms with Gasteiger partial charge in [-0.25, -0.2) is 4.79 Å². The molecule has 1 aromatic heterocycles. The zero-order chi connectivity index (χ0) is 23.1. The number of nitrogens with zero attached hydrogens (tertiary/aromatic N) is 2. The molecule has 0 N–H and O–H groups in total. The van der Waals surface area contributed by atoms with Crippen LogP contribution in [0.3, 0.4) is 0 Å². The van der Waals surface area contributed by atoms with Crippen molar-refractivity contribution in [2.24, 2.45) is 0 Å². The third-order valence-electron chi connectivity index (χ3n) is 4.85. The van der Waals surface area contributed by atoms with E-state index in [1.165, 1.54) is 0 Å². The number of hydrogen-bond acceptors (Lipinski definition) is 5. The van der Waals surface area contributed by atoms with Gasteiger partial charge in [-0.05, 0) is 86.0 Å². The number of esters is 1. The molecule has 0 saturated heterocycles. The molecule has 3 rings (SSSR count). The molecule has 32 heavy (non-hydrogen) atoms. The number of amides is 1. The lowest BCUT2D eigenvalue weighted by Crippen LogP contribution is -2.34. The molecule has 1 amide bonds. The van der Waals surface area contributed by atoms with Crippen molar-refractivity contribution in [1.82, 2.24) is 4.98 Å². The first-order chi connectivity index (χ1) is 15.4. The van der Waals surface area contributed by atoms with Crippen LogP contribution in [0.15, 0.2) is 60.9 Å². The maximum Gasteiger partial charge on any atom is 0.338 e. The third-order valence-corrected chi connectivity index (χ3v) is 5.45. The highest BCUT2D eigenvalue weighted by molar-refractivity contribution is 6.32. The van der Waals surface area contributed by atoms with Crippen LogP contribution < -0.4 is 9.64 Å². The minimum Gasteiger partial charge on any atom is -0.484 e. The lowest BCUT2D eigenvalue weighted by molar-refractivity contribution is -0.120. The number of anilines is 1. The van der Waals surface area contributed by atoms with Crippen molar-refractivity contribution >= 4 is 29.2 Å². The van der Waals surface area contributed by atoms with Crippen molar-refractivity contribution in [2.45, 2.75) is 27.3 Å². The van der Waals surface area contributed by atoms with Crippen molar-refractivity contribution in [3.05, 3.63) is 88.2 Å². The standard InChI is InChI=1S/C25H25ClN2O4/c1-4-31-25(30)20-5-7-21(8-6-20)28(15-19-9-11-27-12-10-19)23(29)16-32-22-13-17(2)24(26)18(3)14-22/h5-14H,4,15-16H2,1-3H3. The van der Waals surface area contributed by atoms with Gasteiger partial charge in [-0.1, -0.05) is 11.6 Å². The second-order valence-electron chi connectivity index (χ2n) is 7.26. The van der Waals surface area contributed by atoms with Crippen LogP contribution in [0.5, 0.6) is 5.75 Å². The Labute approximate surface area is 192 Å². The largest absolute Gasteiger partial charge is 0.484 e. The Balaban J connectivity index is 1.80. The van der Waals surface area contributed by atoms with Gasteiger partial charge < -0.3 is 14.4 Å². The molecule has 0 aliphatic rings. The summed E-state index contributed by atoms with van der Waals surface area (Å²) in [4.78, 5) is 30.7. The minimum atomic E-state index is -0.400. The van der Waals surface area contributed by atoms with Gasteiger partial charge >= 0.3 is 5.97 Å². The Morgan fingerprint density at radius 3 is 2.22 bits per heavy atom. The van der Waals surface area contributed by atoms with Crippen LogP contribution in [0, 0.1) is 13.8 Å². The number of carbonyl (C=O) groups is 2. The molecule has 1 heterocycles. The predicted molar refractivity (Wildman–Crippen MR) is 124 cm³/mol. The zero-order valence-electron chi connectivity index (χ0n) is 18.3. The number of benzene rings is 2. The van der Waals surface area contributed by atoms with Gasteiger partial charge in [0.1, 0.15) is 5.75 Å². The molecule has 0 saturated carbocycles. The van der Waals surface area contributed by atoms with Crippen LogP contribution in [0.2, 0.25) is 5.02 Å². The van der Waals surface area contributed by atoms with Gasteiger partial charge in [0.05, 0.1) is 18.7 Å². The van der Waals surface area contributed by atoms with Crippen molar-refractivity contribution in [2.75, 3.05) is 18.1 Å². The van der Waals surface area contributed by atoms with Crippen LogP contribution in [0.1, 0.15) is 34.0 Å². The molecule has 0 unspecified atom stereocenters. The Morgan fingerprint density at radius 1 is 1.00 bits per heavy atom. The van der Waals surface area contributed by atoms with Gasteiger partial charge in [-0.3, -0.25) is 9.78 Å². The van der Waals surface area contributed by atoms with E-state index < -0.39 is 5.97 Å². The highest BCUT2D eigenvalue weighted by atomic mass is 35.5. The maximum absolute atomic E-state index is 13.1. The summed E-state index contributed by atoms with van der Waals surface area (Å²) in [6.45, 7) is 6.03. The molecule has 0 aliphatic heterocycles. The van der Waals surface area contributed by atoms with Crippen molar-refractivity contribution < 1.29 is 19.1 Å². The molecule has 0 fully saturated rings.